The van der Waals surface area contributed by atoms with E-state index in [1.165, 1.54) is 4.90 Å². The Kier molecular flexibility index (Phi) is 4.39. The predicted molar refractivity (Wildman–Crippen MR) is 87.3 cm³/mol. The van der Waals surface area contributed by atoms with E-state index in [9.17, 15) is 9.59 Å². The van der Waals surface area contributed by atoms with Crippen molar-refractivity contribution in [1.29, 1.82) is 0 Å². The number of alkyl carbamates (subject to hydrolysis) is 1. The molecule has 0 spiro atoms. The first-order chi connectivity index (χ1) is 10.6. The van der Waals surface area contributed by atoms with Crippen molar-refractivity contribution in [2.75, 3.05) is 18.6 Å². The van der Waals surface area contributed by atoms with Crippen molar-refractivity contribution in [2.24, 2.45) is 0 Å². The van der Waals surface area contributed by atoms with Gasteiger partial charge in [0, 0.05) is 19.2 Å². The van der Waals surface area contributed by atoms with Gasteiger partial charge in [0.05, 0.1) is 5.69 Å². The normalized spacial score (nSPS) is 20.4. The number of ether oxygens (including phenoxy) is 2. The van der Waals surface area contributed by atoms with E-state index in [0.717, 1.165) is 5.56 Å². The van der Waals surface area contributed by atoms with Crippen molar-refractivity contribution in [2.45, 2.75) is 45.9 Å². The molecular weight excluding hydrogens is 296 g/mol. The molecule has 0 aromatic heterocycles. The maximum absolute atomic E-state index is 12.8. The summed E-state index contributed by atoms with van der Waals surface area (Å²) in [4.78, 5) is 26.6. The largest absolute Gasteiger partial charge is 0.444 e. The van der Waals surface area contributed by atoms with Crippen molar-refractivity contribution in [3.05, 3.63) is 29.3 Å². The topological polar surface area (TPSA) is 67.9 Å². The van der Waals surface area contributed by atoms with Gasteiger partial charge in [-0.3, -0.25) is 10.1 Å². The average Bonchev–Trinajstić information content (AvgIpc) is 2.60. The third kappa shape index (κ3) is 3.17. The summed E-state index contributed by atoms with van der Waals surface area (Å²) in [5, 5.41) is 2.64. The minimum Gasteiger partial charge on any atom is -0.444 e. The fourth-order valence-electron chi connectivity index (χ4n) is 2.65. The molecular formula is C17H24N2O4. The van der Waals surface area contributed by atoms with Crippen LogP contribution >= 0.6 is 0 Å². The van der Waals surface area contributed by atoms with E-state index in [1.807, 2.05) is 25.1 Å². The molecule has 0 aliphatic carbocycles. The average molecular weight is 320 g/mol. The van der Waals surface area contributed by atoms with Crippen LogP contribution in [0.5, 0.6) is 0 Å². The first-order valence-electron chi connectivity index (χ1n) is 7.65. The molecule has 1 heterocycles. The van der Waals surface area contributed by atoms with Gasteiger partial charge in [0.2, 0.25) is 0 Å². The summed E-state index contributed by atoms with van der Waals surface area (Å²) in [5.41, 5.74) is 0.0953. The van der Waals surface area contributed by atoms with Gasteiger partial charge < -0.3 is 14.4 Å². The summed E-state index contributed by atoms with van der Waals surface area (Å²) >= 11 is 0. The van der Waals surface area contributed by atoms with E-state index < -0.39 is 17.4 Å². The number of amides is 2. The van der Waals surface area contributed by atoms with Crippen molar-refractivity contribution in [3.8, 4) is 0 Å². The third-order valence-corrected chi connectivity index (χ3v) is 3.54. The number of benzene rings is 1. The number of nitrogens with zero attached hydrogens (tertiary/aromatic N) is 1. The van der Waals surface area contributed by atoms with E-state index in [0.29, 0.717) is 11.3 Å². The van der Waals surface area contributed by atoms with E-state index in [4.69, 9.17) is 9.47 Å². The maximum Gasteiger partial charge on any atom is 0.410 e. The van der Waals surface area contributed by atoms with Crippen LogP contribution in [0.15, 0.2) is 18.2 Å². The lowest BCUT2D eigenvalue weighted by atomic mass is 10.0. The highest BCUT2D eigenvalue weighted by atomic mass is 16.6. The Bertz CT molecular complexity index is 636. The monoisotopic (exact) mass is 320 g/mol. The first kappa shape index (κ1) is 17.3. The number of nitrogens with one attached hydrogen (secondary N) is 1. The highest BCUT2D eigenvalue weighted by molar-refractivity contribution is 6.07. The number of anilines is 1. The lowest BCUT2D eigenvalue weighted by Gasteiger charge is -2.30. The molecule has 2 rings (SSSR count). The minimum absolute atomic E-state index is 0.267. The molecule has 126 valence electrons. The summed E-state index contributed by atoms with van der Waals surface area (Å²) in [6.07, 6.45) is -0.693. The zero-order valence-electron chi connectivity index (χ0n) is 14.5. The van der Waals surface area contributed by atoms with Gasteiger partial charge in [0.1, 0.15) is 5.60 Å². The zero-order chi connectivity index (χ0) is 17.4. The van der Waals surface area contributed by atoms with Gasteiger partial charge in [-0.05, 0) is 46.8 Å². The highest BCUT2D eigenvalue weighted by Crippen LogP contribution is 2.41. The summed E-state index contributed by atoms with van der Waals surface area (Å²) in [5.74, 6) is -0.342. The molecule has 1 aliphatic heterocycles. The van der Waals surface area contributed by atoms with E-state index in [1.54, 1.807) is 34.7 Å². The van der Waals surface area contributed by atoms with Gasteiger partial charge in [0.15, 0.2) is 0 Å². The van der Waals surface area contributed by atoms with Crippen LogP contribution in [0.25, 0.3) is 0 Å². The Labute approximate surface area is 136 Å². The fourth-order valence-corrected chi connectivity index (χ4v) is 2.65. The van der Waals surface area contributed by atoms with Crippen LogP contribution in [-0.2, 0) is 20.0 Å². The number of carbonyl (C=O) groups is 2. The molecule has 0 fully saturated rings. The molecule has 1 atom stereocenters. The number of likely N-dealkylation sites (N-methyl/N-ethyl adjacent to an activating group) is 1. The van der Waals surface area contributed by atoms with Crippen molar-refractivity contribution in [3.63, 3.8) is 0 Å². The van der Waals surface area contributed by atoms with Crippen LogP contribution in [0.4, 0.5) is 10.5 Å². The fraction of sp³-hybridized carbons (Fsp3) is 0.529. The minimum atomic E-state index is -1.55. The maximum atomic E-state index is 12.8. The van der Waals surface area contributed by atoms with Gasteiger partial charge in [-0.2, -0.15) is 0 Å². The third-order valence-electron chi connectivity index (χ3n) is 3.54. The molecule has 0 saturated carbocycles. The predicted octanol–water partition coefficient (Wildman–Crippen LogP) is 2.69. The smallest absolute Gasteiger partial charge is 0.410 e. The summed E-state index contributed by atoms with van der Waals surface area (Å²) in [6, 6.07) is 5.61. The second kappa shape index (κ2) is 5.85. The second-order valence-electron chi connectivity index (χ2n) is 6.63. The lowest BCUT2D eigenvalue weighted by Crippen LogP contribution is -2.55. The first-order valence-corrected chi connectivity index (χ1v) is 7.65. The van der Waals surface area contributed by atoms with Crippen molar-refractivity contribution >= 4 is 17.7 Å². The van der Waals surface area contributed by atoms with Crippen molar-refractivity contribution in [1.82, 2.24) is 5.32 Å². The Morgan fingerprint density at radius 3 is 2.57 bits per heavy atom. The summed E-state index contributed by atoms with van der Waals surface area (Å²) < 4.78 is 11.0. The lowest BCUT2D eigenvalue weighted by molar-refractivity contribution is -0.147. The molecule has 0 bridgehead atoms. The van der Waals surface area contributed by atoms with Gasteiger partial charge in [0.25, 0.3) is 11.6 Å². The molecule has 1 aliphatic rings. The zero-order valence-corrected chi connectivity index (χ0v) is 14.5. The summed E-state index contributed by atoms with van der Waals surface area (Å²) in [7, 11) is 1.66. The van der Waals surface area contributed by atoms with E-state index >= 15 is 0 Å². The quantitative estimate of drug-likeness (QED) is 0.870. The van der Waals surface area contributed by atoms with Crippen LogP contribution in [0.3, 0.4) is 0 Å². The number of carbonyl (C=O) groups excluding carboxylic acids is 2. The molecule has 1 aromatic rings. The van der Waals surface area contributed by atoms with Crippen LogP contribution in [0, 0.1) is 6.92 Å². The van der Waals surface area contributed by atoms with Crippen molar-refractivity contribution < 1.29 is 19.1 Å². The molecule has 0 radical (unpaired) electrons. The van der Waals surface area contributed by atoms with Crippen LogP contribution in [0.2, 0.25) is 0 Å². The van der Waals surface area contributed by atoms with Gasteiger partial charge in [-0.15, -0.1) is 0 Å². The Morgan fingerprint density at radius 1 is 1.35 bits per heavy atom. The number of hydrogen-bond acceptors (Lipinski definition) is 4. The number of hydrogen-bond donors (Lipinski definition) is 1. The molecule has 23 heavy (non-hydrogen) atoms. The molecule has 2 amide bonds. The second-order valence-corrected chi connectivity index (χ2v) is 6.63. The van der Waals surface area contributed by atoms with Crippen LogP contribution in [0.1, 0.15) is 38.8 Å². The van der Waals surface area contributed by atoms with Gasteiger partial charge >= 0.3 is 6.09 Å². The molecule has 6 nitrogen and oxygen atoms in total. The van der Waals surface area contributed by atoms with E-state index in [-0.39, 0.29) is 12.5 Å². The Balaban J connectivity index is 2.46. The van der Waals surface area contributed by atoms with E-state index in [2.05, 4.69) is 5.32 Å². The number of aryl methyl sites for hydroxylation is 1. The van der Waals surface area contributed by atoms with Gasteiger partial charge in [-0.25, -0.2) is 4.79 Å². The summed E-state index contributed by atoms with van der Waals surface area (Å²) in [6.45, 7) is 9.26. The highest BCUT2D eigenvalue weighted by Gasteiger charge is 2.53. The molecule has 0 saturated heterocycles. The van der Waals surface area contributed by atoms with Gasteiger partial charge in [-0.1, -0.05) is 11.6 Å². The Morgan fingerprint density at radius 2 is 2.00 bits per heavy atom. The SMILES string of the molecule is CCO[C@@]1(NC(=O)OC(C)(C)C)C(=O)N(C)c2ccc(C)cc21. The number of rotatable bonds is 3. The van der Waals surface area contributed by atoms with Crippen LogP contribution < -0.4 is 10.2 Å². The molecule has 0 unspecified atom stereocenters. The molecule has 1 aromatic carbocycles. The number of fused-ring (bicyclic) bond motifs is 1. The molecule has 1 N–H and O–H groups in total. The Hall–Kier alpha value is -2.08. The molecule has 6 heteroatoms. The van der Waals surface area contributed by atoms with Crippen LogP contribution in [-0.4, -0.2) is 31.3 Å². The standard InChI is InChI=1S/C17H24N2O4/c1-7-22-17(18-15(21)23-16(3,4)5)12-10-11(2)8-9-13(12)19(6)14(17)20/h8-10H,7H2,1-6H3,(H,18,21)/t17-/m1/s1.